The lowest BCUT2D eigenvalue weighted by Gasteiger charge is -2.12. The molecule has 1 N–H and O–H groups in total. The maximum Gasteiger partial charge on any atom is 0.253 e. The summed E-state index contributed by atoms with van der Waals surface area (Å²) >= 11 is 0. The summed E-state index contributed by atoms with van der Waals surface area (Å²) in [5.74, 6) is -0.122. The molecular formula is C19H21N3O2. The first kappa shape index (κ1) is 16.3. The molecule has 0 spiro atoms. The highest BCUT2D eigenvalue weighted by Crippen LogP contribution is 2.29. The van der Waals surface area contributed by atoms with Crippen LogP contribution in [0.2, 0.25) is 0 Å². The zero-order chi connectivity index (χ0) is 16.9. The number of hydrogen-bond acceptors (Lipinski definition) is 4. The summed E-state index contributed by atoms with van der Waals surface area (Å²) in [5, 5.41) is 11.5. The zero-order valence-corrected chi connectivity index (χ0v) is 14.0. The number of hydrogen-bond donors (Lipinski definition) is 1. The molecule has 1 atom stereocenters. The molecule has 1 aliphatic rings. The molecule has 1 unspecified atom stereocenters. The second kappa shape index (κ2) is 7.36. The van der Waals surface area contributed by atoms with Crippen molar-refractivity contribution in [3.05, 3.63) is 53.6 Å². The van der Waals surface area contributed by atoms with E-state index in [1.54, 1.807) is 0 Å². The normalized spacial score (nSPS) is 17.3. The fourth-order valence-electron chi connectivity index (χ4n) is 2.55. The summed E-state index contributed by atoms with van der Waals surface area (Å²) in [6.07, 6.45) is 1.32. The summed E-state index contributed by atoms with van der Waals surface area (Å²) in [5.41, 5.74) is 4.30. The van der Waals surface area contributed by atoms with Crippen LogP contribution in [-0.4, -0.2) is 18.6 Å². The topological polar surface area (TPSA) is 63.0 Å². The fourth-order valence-corrected chi connectivity index (χ4v) is 2.55. The molecule has 5 heteroatoms. The van der Waals surface area contributed by atoms with Crippen LogP contribution < -0.4 is 5.32 Å². The molecule has 24 heavy (non-hydrogen) atoms. The van der Waals surface area contributed by atoms with Gasteiger partial charge in [0, 0.05) is 6.61 Å². The van der Waals surface area contributed by atoms with Crippen LogP contribution >= 0.6 is 0 Å². The Morgan fingerprint density at radius 1 is 1.08 bits per heavy atom. The van der Waals surface area contributed by atoms with Crippen molar-refractivity contribution in [2.45, 2.75) is 32.8 Å². The number of amides is 1. The Kier molecular flexibility index (Phi) is 5.01. The quantitative estimate of drug-likeness (QED) is 0.819. The second-order valence-corrected chi connectivity index (χ2v) is 6.05. The molecule has 0 bridgehead atoms. The van der Waals surface area contributed by atoms with Gasteiger partial charge in [-0.15, -0.1) is 5.11 Å². The summed E-state index contributed by atoms with van der Waals surface area (Å²) in [4.78, 5) is 12.3. The van der Waals surface area contributed by atoms with Gasteiger partial charge in [-0.25, -0.2) is 0 Å². The van der Waals surface area contributed by atoms with E-state index in [4.69, 9.17) is 4.74 Å². The van der Waals surface area contributed by atoms with Gasteiger partial charge in [0.1, 0.15) is 11.8 Å². The minimum absolute atomic E-state index is 0.122. The number of nitrogens with one attached hydrogen (secondary N) is 1. The van der Waals surface area contributed by atoms with Crippen LogP contribution in [0.5, 0.6) is 0 Å². The summed E-state index contributed by atoms with van der Waals surface area (Å²) in [6.45, 7) is 4.66. The van der Waals surface area contributed by atoms with Crippen LogP contribution in [0.25, 0.3) is 0 Å². The number of azo groups is 1. The van der Waals surface area contributed by atoms with Crippen LogP contribution in [0.4, 0.5) is 17.1 Å². The molecule has 0 aromatic heterocycles. The third-order valence-electron chi connectivity index (χ3n) is 3.94. The smallest absolute Gasteiger partial charge is 0.253 e. The van der Waals surface area contributed by atoms with Gasteiger partial charge in [-0.05, 0) is 56.5 Å². The van der Waals surface area contributed by atoms with Gasteiger partial charge in [0.25, 0.3) is 5.91 Å². The lowest BCUT2D eigenvalue weighted by molar-refractivity contribution is -0.124. The number of nitrogens with zero attached hydrogens (tertiary/aromatic N) is 2. The molecule has 124 valence electrons. The van der Waals surface area contributed by atoms with E-state index in [1.807, 2.05) is 56.3 Å². The van der Waals surface area contributed by atoms with E-state index in [2.05, 4.69) is 15.5 Å². The van der Waals surface area contributed by atoms with Crippen LogP contribution in [0.3, 0.4) is 0 Å². The SMILES string of the molecule is Cc1ccc(N=Nc2cc(C)ccc2NC(=O)C2CCCO2)cc1. The van der Waals surface area contributed by atoms with Gasteiger partial charge in [0.15, 0.2) is 0 Å². The molecule has 1 heterocycles. The molecule has 1 fully saturated rings. The Morgan fingerprint density at radius 3 is 2.54 bits per heavy atom. The van der Waals surface area contributed by atoms with Crippen molar-refractivity contribution in [1.29, 1.82) is 0 Å². The van der Waals surface area contributed by atoms with Crippen LogP contribution in [0, 0.1) is 13.8 Å². The van der Waals surface area contributed by atoms with E-state index in [9.17, 15) is 4.79 Å². The molecular weight excluding hydrogens is 302 g/mol. The van der Waals surface area contributed by atoms with Crippen molar-refractivity contribution in [3.8, 4) is 0 Å². The van der Waals surface area contributed by atoms with E-state index in [0.717, 1.165) is 24.1 Å². The van der Waals surface area contributed by atoms with Crippen molar-refractivity contribution in [3.63, 3.8) is 0 Å². The van der Waals surface area contributed by atoms with E-state index >= 15 is 0 Å². The van der Waals surface area contributed by atoms with Crippen molar-refractivity contribution in [2.24, 2.45) is 10.2 Å². The van der Waals surface area contributed by atoms with Crippen molar-refractivity contribution in [1.82, 2.24) is 0 Å². The third-order valence-corrected chi connectivity index (χ3v) is 3.94. The first-order chi connectivity index (χ1) is 11.6. The Balaban J connectivity index is 1.79. The molecule has 2 aromatic carbocycles. The predicted octanol–water partition coefficient (Wildman–Crippen LogP) is 4.84. The van der Waals surface area contributed by atoms with Gasteiger partial charge in [-0.3, -0.25) is 4.79 Å². The number of carbonyl (C=O) groups is 1. The number of benzene rings is 2. The molecule has 1 amide bonds. The third kappa shape index (κ3) is 4.06. The van der Waals surface area contributed by atoms with Gasteiger partial charge >= 0.3 is 0 Å². The molecule has 1 saturated heterocycles. The zero-order valence-electron chi connectivity index (χ0n) is 14.0. The average Bonchev–Trinajstić information content (AvgIpc) is 3.11. The van der Waals surface area contributed by atoms with Gasteiger partial charge in [-0.2, -0.15) is 5.11 Å². The van der Waals surface area contributed by atoms with Crippen LogP contribution in [-0.2, 0) is 9.53 Å². The lowest BCUT2D eigenvalue weighted by atomic mass is 10.1. The maximum absolute atomic E-state index is 12.3. The van der Waals surface area contributed by atoms with Crippen molar-refractivity contribution in [2.75, 3.05) is 11.9 Å². The van der Waals surface area contributed by atoms with Crippen molar-refractivity contribution >= 4 is 23.0 Å². The molecule has 0 radical (unpaired) electrons. The molecule has 0 aliphatic carbocycles. The number of aryl methyl sites for hydroxylation is 2. The van der Waals surface area contributed by atoms with Gasteiger partial charge in [0.2, 0.25) is 0 Å². The summed E-state index contributed by atoms with van der Waals surface area (Å²) in [6, 6.07) is 13.5. The summed E-state index contributed by atoms with van der Waals surface area (Å²) < 4.78 is 5.42. The second-order valence-electron chi connectivity index (χ2n) is 6.05. The standard InChI is InChI=1S/C19H21N3O2/c1-13-5-8-15(9-6-13)21-22-17-12-14(2)7-10-16(17)20-19(23)18-4-3-11-24-18/h5-10,12,18H,3-4,11H2,1-2H3,(H,20,23). The molecule has 0 saturated carbocycles. The Hall–Kier alpha value is -2.53. The van der Waals surface area contributed by atoms with Crippen molar-refractivity contribution < 1.29 is 9.53 Å². The molecule has 5 nitrogen and oxygen atoms in total. The van der Waals surface area contributed by atoms with Crippen LogP contribution in [0.1, 0.15) is 24.0 Å². The first-order valence-electron chi connectivity index (χ1n) is 8.13. The molecule has 3 rings (SSSR count). The van der Waals surface area contributed by atoms with Gasteiger partial charge < -0.3 is 10.1 Å². The van der Waals surface area contributed by atoms with Gasteiger partial charge in [-0.1, -0.05) is 23.8 Å². The first-order valence-corrected chi connectivity index (χ1v) is 8.13. The minimum atomic E-state index is -0.367. The monoisotopic (exact) mass is 323 g/mol. The molecule has 1 aliphatic heterocycles. The Morgan fingerprint density at radius 2 is 1.83 bits per heavy atom. The van der Waals surface area contributed by atoms with Crippen LogP contribution in [0.15, 0.2) is 52.7 Å². The maximum atomic E-state index is 12.3. The Bertz CT molecular complexity index is 748. The molecule has 2 aromatic rings. The Labute approximate surface area is 141 Å². The highest BCUT2D eigenvalue weighted by Gasteiger charge is 2.24. The largest absolute Gasteiger partial charge is 0.368 e. The number of ether oxygens (including phenoxy) is 1. The fraction of sp³-hybridized carbons (Fsp3) is 0.316. The number of carbonyl (C=O) groups excluding carboxylic acids is 1. The predicted molar refractivity (Wildman–Crippen MR) is 94.1 cm³/mol. The van der Waals surface area contributed by atoms with E-state index in [-0.39, 0.29) is 12.0 Å². The number of anilines is 1. The summed E-state index contributed by atoms with van der Waals surface area (Å²) in [7, 11) is 0. The minimum Gasteiger partial charge on any atom is -0.368 e. The number of rotatable bonds is 4. The van der Waals surface area contributed by atoms with E-state index in [1.165, 1.54) is 5.56 Å². The highest BCUT2D eigenvalue weighted by molar-refractivity contribution is 5.96. The highest BCUT2D eigenvalue weighted by atomic mass is 16.5. The van der Waals surface area contributed by atoms with E-state index in [0.29, 0.717) is 18.0 Å². The lowest BCUT2D eigenvalue weighted by Crippen LogP contribution is -2.26. The van der Waals surface area contributed by atoms with E-state index < -0.39 is 0 Å². The van der Waals surface area contributed by atoms with Gasteiger partial charge in [0.05, 0.1) is 11.4 Å². The average molecular weight is 323 g/mol.